The molecule has 6 heteroatoms. The van der Waals surface area contributed by atoms with Crippen LogP contribution in [0.4, 0.5) is 0 Å². The second-order valence-corrected chi connectivity index (χ2v) is 5.25. The predicted octanol–water partition coefficient (Wildman–Crippen LogP) is 1.77. The summed E-state index contributed by atoms with van der Waals surface area (Å²) in [7, 11) is 1.51. The fourth-order valence-electron chi connectivity index (χ4n) is 2.52. The number of amides is 1. The smallest absolute Gasteiger partial charge is 0.245 e. The Morgan fingerprint density at radius 1 is 1.35 bits per heavy atom. The Morgan fingerprint density at radius 2 is 2.17 bits per heavy atom. The third-order valence-corrected chi connectivity index (χ3v) is 3.57. The zero-order chi connectivity index (χ0) is 16.5. The number of imidazole rings is 1. The minimum absolute atomic E-state index is 0.0858. The molecule has 0 aliphatic carbocycles. The number of carbonyl (C=O) groups excluding carboxylic acids is 1. The summed E-state index contributed by atoms with van der Waals surface area (Å²) in [5, 5.41) is 2.83. The molecule has 0 atom stereocenters. The molecule has 1 aromatic heterocycles. The number of fused-ring (bicyclic) bond motifs is 1. The molecular weight excluding hydrogens is 294 g/mol. The van der Waals surface area contributed by atoms with Crippen molar-refractivity contribution < 1.29 is 14.3 Å². The van der Waals surface area contributed by atoms with E-state index in [1.165, 1.54) is 7.11 Å². The number of nitrogens with one attached hydrogen (secondary N) is 1. The molecule has 1 N–H and O–H groups in total. The van der Waals surface area contributed by atoms with Gasteiger partial charge in [-0.25, -0.2) is 4.98 Å². The molecular formula is C17H25N3O3. The van der Waals surface area contributed by atoms with Crippen LogP contribution in [0, 0.1) is 0 Å². The van der Waals surface area contributed by atoms with Crippen molar-refractivity contribution in [3.63, 3.8) is 0 Å². The molecule has 2 rings (SSSR count). The lowest BCUT2D eigenvalue weighted by molar-refractivity contribution is -0.124. The molecule has 0 aliphatic heterocycles. The number of hydrogen-bond donors (Lipinski definition) is 1. The van der Waals surface area contributed by atoms with E-state index in [1.54, 1.807) is 0 Å². The Morgan fingerprint density at radius 3 is 2.96 bits per heavy atom. The number of carbonyl (C=O) groups is 1. The molecule has 23 heavy (non-hydrogen) atoms. The first-order valence-corrected chi connectivity index (χ1v) is 8.03. The first-order valence-electron chi connectivity index (χ1n) is 8.03. The van der Waals surface area contributed by atoms with Crippen molar-refractivity contribution in [1.29, 1.82) is 0 Å². The highest BCUT2D eigenvalue weighted by atomic mass is 16.5. The Balaban J connectivity index is 1.98. The molecule has 0 spiro atoms. The van der Waals surface area contributed by atoms with Gasteiger partial charge in [-0.3, -0.25) is 4.79 Å². The van der Waals surface area contributed by atoms with Gasteiger partial charge in [0.2, 0.25) is 5.91 Å². The summed E-state index contributed by atoms with van der Waals surface area (Å²) in [4.78, 5) is 16.1. The average molecular weight is 319 g/mol. The maximum absolute atomic E-state index is 11.4. The summed E-state index contributed by atoms with van der Waals surface area (Å²) in [6.45, 7) is 4.90. The monoisotopic (exact) mass is 319 g/mol. The summed E-state index contributed by atoms with van der Waals surface area (Å²) in [6.07, 6.45) is 1.65. The van der Waals surface area contributed by atoms with E-state index in [1.807, 2.05) is 25.1 Å². The van der Waals surface area contributed by atoms with Crippen molar-refractivity contribution in [2.75, 3.05) is 33.5 Å². The summed E-state index contributed by atoms with van der Waals surface area (Å²) in [5.74, 6) is 0.948. The van der Waals surface area contributed by atoms with E-state index in [0.29, 0.717) is 19.8 Å². The van der Waals surface area contributed by atoms with Gasteiger partial charge in [0.15, 0.2) is 0 Å². The van der Waals surface area contributed by atoms with Crippen LogP contribution in [-0.2, 0) is 27.2 Å². The van der Waals surface area contributed by atoms with Crippen molar-refractivity contribution in [3.05, 3.63) is 30.1 Å². The summed E-state index contributed by atoms with van der Waals surface area (Å²) in [6, 6.07) is 8.13. The highest BCUT2D eigenvalue weighted by molar-refractivity contribution is 5.77. The third kappa shape index (κ3) is 5.04. The van der Waals surface area contributed by atoms with Crippen LogP contribution in [-0.4, -0.2) is 48.9 Å². The van der Waals surface area contributed by atoms with E-state index in [9.17, 15) is 4.79 Å². The molecule has 0 aliphatic rings. The molecule has 1 aromatic carbocycles. The Kier molecular flexibility index (Phi) is 7.03. The molecule has 0 radical (unpaired) electrons. The fraction of sp³-hybridized carbons (Fsp3) is 0.529. The highest BCUT2D eigenvalue weighted by Crippen LogP contribution is 2.17. The number of benzene rings is 1. The van der Waals surface area contributed by atoms with Crippen molar-refractivity contribution >= 4 is 16.9 Å². The second-order valence-electron chi connectivity index (χ2n) is 5.25. The van der Waals surface area contributed by atoms with E-state index in [-0.39, 0.29) is 12.5 Å². The summed E-state index contributed by atoms with van der Waals surface area (Å²) >= 11 is 0. The largest absolute Gasteiger partial charge is 0.380 e. The average Bonchev–Trinajstić information content (AvgIpc) is 2.90. The lowest BCUT2D eigenvalue weighted by Crippen LogP contribution is -2.28. The third-order valence-electron chi connectivity index (χ3n) is 3.57. The Bertz CT molecular complexity index is 625. The predicted molar refractivity (Wildman–Crippen MR) is 89.4 cm³/mol. The van der Waals surface area contributed by atoms with E-state index < -0.39 is 0 Å². The van der Waals surface area contributed by atoms with Gasteiger partial charge in [-0.05, 0) is 25.5 Å². The number of hydrogen-bond acceptors (Lipinski definition) is 4. The molecule has 6 nitrogen and oxygen atoms in total. The quantitative estimate of drug-likeness (QED) is 0.678. The molecule has 0 saturated carbocycles. The number of methoxy groups -OCH3 is 1. The normalized spacial score (nSPS) is 11.0. The van der Waals surface area contributed by atoms with E-state index >= 15 is 0 Å². The van der Waals surface area contributed by atoms with Crippen molar-refractivity contribution in [1.82, 2.24) is 14.9 Å². The van der Waals surface area contributed by atoms with Crippen LogP contribution < -0.4 is 5.32 Å². The molecule has 0 fully saturated rings. The molecule has 0 bridgehead atoms. The minimum Gasteiger partial charge on any atom is -0.380 e. The summed E-state index contributed by atoms with van der Waals surface area (Å²) < 4.78 is 12.5. The number of aromatic nitrogens is 2. The number of para-hydroxylation sites is 2. The van der Waals surface area contributed by atoms with Gasteiger partial charge in [-0.1, -0.05) is 12.1 Å². The van der Waals surface area contributed by atoms with Gasteiger partial charge in [0.05, 0.1) is 17.6 Å². The topological polar surface area (TPSA) is 65.4 Å². The van der Waals surface area contributed by atoms with Crippen LogP contribution in [0.2, 0.25) is 0 Å². The molecule has 2 aromatic rings. The Hall–Kier alpha value is -1.92. The standard InChI is InChI=1S/C17H25N3O3/c1-3-23-12-11-20-15-8-5-4-7-14(15)19-16(20)9-6-10-18-17(21)13-22-2/h4-5,7-8H,3,6,9-13H2,1-2H3,(H,18,21). The maximum atomic E-state index is 11.4. The van der Waals surface area contributed by atoms with Crippen LogP contribution in [0.25, 0.3) is 11.0 Å². The summed E-state index contributed by atoms with van der Waals surface area (Å²) in [5.41, 5.74) is 2.13. The zero-order valence-corrected chi connectivity index (χ0v) is 13.9. The van der Waals surface area contributed by atoms with Crippen molar-refractivity contribution in [2.45, 2.75) is 26.3 Å². The zero-order valence-electron chi connectivity index (χ0n) is 13.9. The van der Waals surface area contributed by atoms with Crippen molar-refractivity contribution in [2.24, 2.45) is 0 Å². The number of ether oxygens (including phenoxy) is 2. The lowest BCUT2D eigenvalue weighted by Gasteiger charge is -2.09. The van der Waals surface area contributed by atoms with Crippen LogP contribution in [0.1, 0.15) is 19.2 Å². The molecule has 126 valence electrons. The van der Waals surface area contributed by atoms with Gasteiger partial charge in [0.25, 0.3) is 0 Å². The van der Waals surface area contributed by atoms with Crippen LogP contribution in [0.15, 0.2) is 24.3 Å². The first kappa shape index (κ1) is 17.4. The van der Waals surface area contributed by atoms with Gasteiger partial charge in [0.1, 0.15) is 12.4 Å². The maximum Gasteiger partial charge on any atom is 0.245 e. The van der Waals surface area contributed by atoms with Crippen LogP contribution >= 0.6 is 0 Å². The van der Waals surface area contributed by atoms with E-state index in [4.69, 9.17) is 14.5 Å². The van der Waals surface area contributed by atoms with Gasteiger partial charge < -0.3 is 19.4 Å². The van der Waals surface area contributed by atoms with Gasteiger partial charge in [-0.2, -0.15) is 0 Å². The highest BCUT2D eigenvalue weighted by Gasteiger charge is 2.10. The second kappa shape index (κ2) is 9.27. The number of aryl methyl sites for hydroxylation is 1. The number of nitrogens with zero attached hydrogens (tertiary/aromatic N) is 2. The van der Waals surface area contributed by atoms with Gasteiger partial charge in [-0.15, -0.1) is 0 Å². The van der Waals surface area contributed by atoms with Crippen LogP contribution in [0.5, 0.6) is 0 Å². The lowest BCUT2D eigenvalue weighted by atomic mass is 10.3. The van der Waals surface area contributed by atoms with Crippen LogP contribution in [0.3, 0.4) is 0 Å². The SMILES string of the molecule is CCOCCn1c(CCCNC(=O)COC)nc2ccccc21. The van der Waals surface area contributed by atoms with E-state index in [0.717, 1.165) is 36.2 Å². The fourth-order valence-corrected chi connectivity index (χ4v) is 2.52. The van der Waals surface area contributed by atoms with Crippen molar-refractivity contribution in [3.8, 4) is 0 Å². The van der Waals surface area contributed by atoms with Gasteiger partial charge in [0, 0.05) is 33.2 Å². The van der Waals surface area contributed by atoms with Gasteiger partial charge >= 0.3 is 0 Å². The minimum atomic E-state index is -0.0858. The first-order chi connectivity index (χ1) is 11.3. The number of rotatable bonds is 10. The Labute approximate surface area is 136 Å². The molecule has 1 amide bonds. The van der Waals surface area contributed by atoms with E-state index in [2.05, 4.69) is 16.0 Å². The molecule has 0 unspecified atom stereocenters. The molecule has 1 heterocycles. The molecule has 0 saturated heterocycles.